The summed E-state index contributed by atoms with van der Waals surface area (Å²) in [6.07, 6.45) is 7.62. The average molecular weight is 502 g/mol. The van der Waals surface area contributed by atoms with Crippen molar-refractivity contribution >= 4 is 23.2 Å². The number of piperidine rings is 1. The molecule has 37 heavy (non-hydrogen) atoms. The number of rotatable bonds is 9. The van der Waals surface area contributed by atoms with Crippen LogP contribution in [-0.4, -0.2) is 59.8 Å². The van der Waals surface area contributed by atoms with E-state index in [9.17, 15) is 9.59 Å². The number of methoxy groups -OCH3 is 1. The maximum atomic E-state index is 13.4. The van der Waals surface area contributed by atoms with Crippen LogP contribution in [0.25, 0.3) is 11.1 Å². The molecule has 0 atom stereocenters. The van der Waals surface area contributed by atoms with Gasteiger partial charge in [-0.25, -0.2) is 0 Å². The maximum Gasteiger partial charge on any atom is 0.253 e. The minimum atomic E-state index is 0.00994. The molecule has 3 aromatic rings. The van der Waals surface area contributed by atoms with E-state index in [0.717, 1.165) is 42.5 Å². The lowest BCUT2D eigenvalue weighted by atomic mass is 9.88. The van der Waals surface area contributed by atoms with Crippen LogP contribution in [0, 0.1) is 5.92 Å². The van der Waals surface area contributed by atoms with Gasteiger partial charge in [-0.15, -0.1) is 0 Å². The Morgan fingerprint density at radius 2 is 1.76 bits per heavy atom. The van der Waals surface area contributed by atoms with Gasteiger partial charge < -0.3 is 20.3 Å². The molecule has 1 aliphatic carbocycles. The fourth-order valence-electron chi connectivity index (χ4n) is 4.92. The van der Waals surface area contributed by atoms with Gasteiger partial charge >= 0.3 is 0 Å². The van der Waals surface area contributed by atoms with Gasteiger partial charge in [0.25, 0.3) is 5.91 Å². The monoisotopic (exact) mass is 501 g/mol. The lowest BCUT2D eigenvalue weighted by Gasteiger charge is -2.32. The zero-order valence-electron chi connectivity index (χ0n) is 21.6. The SMILES string of the molecule is COCCNc1ccc(C(=O)N2CCC(c3ccc(-c4cnn(C)c4)cc3)CC2)cc1NC(=O)C1CC1. The number of carbonyl (C=O) groups excluding carboxylic acids is 2. The first-order valence-corrected chi connectivity index (χ1v) is 13.1. The van der Waals surface area contributed by atoms with Crippen LogP contribution in [0.1, 0.15) is 47.5 Å². The van der Waals surface area contributed by atoms with Crippen molar-refractivity contribution in [3.8, 4) is 11.1 Å². The molecular formula is C29H35N5O3. The van der Waals surface area contributed by atoms with Crippen LogP contribution in [0.15, 0.2) is 54.9 Å². The van der Waals surface area contributed by atoms with Crippen LogP contribution in [-0.2, 0) is 16.6 Å². The van der Waals surface area contributed by atoms with Gasteiger partial charge in [0.1, 0.15) is 0 Å². The molecule has 1 saturated carbocycles. The second-order valence-corrected chi connectivity index (χ2v) is 10.0. The molecular weight excluding hydrogens is 466 g/mol. The third-order valence-electron chi connectivity index (χ3n) is 7.30. The summed E-state index contributed by atoms with van der Waals surface area (Å²) in [5.41, 5.74) is 5.65. The summed E-state index contributed by atoms with van der Waals surface area (Å²) < 4.78 is 6.94. The molecule has 1 saturated heterocycles. The van der Waals surface area contributed by atoms with Gasteiger partial charge in [-0.2, -0.15) is 5.10 Å². The number of benzene rings is 2. The number of anilines is 2. The lowest BCUT2D eigenvalue weighted by Crippen LogP contribution is -2.38. The molecule has 0 spiro atoms. The summed E-state index contributed by atoms with van der Waals surface area (Å²) in [6, 6.07) is 14.2. The number of aromatic nitrogens is 2. The Labute approximate surface area is 218 Å². The van der Waals surface area contributed by atoms with Gasteiger partial charge in [-0.05, 0) is 60.9 Å². The minimum absolute atomic E-state index is 0.00994. The molecule has 194 valence electrons. The Kier molecular flexibility index (Phi) is 7.55. The number of hydrogen-bond donors (Lipinski definition) is 2. The zero-order chi connectivity index (χ0) is 25.8. The van der Waals surface area contributed by atoms with Crippen molar-refractivity contribution in [3.05, 3.63) is 66.0 Å². The highest BCUT2D eigenvalue weighted by Crippen LogP contribution is 2.33. The van der Waals surface area contributed by atoms with Crippen LogP contribution < -0.4 is 10.6 Å². The van der Waals surface area contributed by atoms with Gasteiger partial charge in [0.15, 0.2) is 0 Å². The summed E-state index contributed by atoms with van der Waals surface area (Å²) in [7, 11) is 3.58. The second kappa shape index (κ2) is 11.2. The van der Waals surface area contributed by atoms with Gasteiger partial charge in [0.2, 0.25) is 5.91 Å². The lowest BCUT2D eigenvalue weighted by molar-refractivity contribution is -0.117. The van der Waals surface area contributed by atoms with E-state index in [2.05, 4.69) is 40.0 Å². The summed E-state index contributed by atoms with van der Waals surface area (Å²) in [5.74, 6) is 0.557. The highest BCUT2D eigenvalue weighted by atomic mass is 16.5. The fourth-order valence-corrected chi connectivity index (χ4v) is 4.92. The zero-order valence-corrected chi connectivity index (χ0v) is 21.6. The molecule has 0 unspecified atom stereocenters. The summed E-state index contributed by atoms with van der Waals surface area (Å²) in [4.78, 5) is 27.7. The van der Waals surface area contributed by atoms with Crippen molar-refractivity contribution in [2.75, 3.05) is 44.0 Å². The van der Waals surface area contributed by atoms with E-state index < -0.39 is 0 Å². The van der Waals surface area contributed by atoms with E-state index in [4.69, 9.17) is 4.74 Å². The quantitative estimate of drug-likeness (QED) is 0.421. The van der Waals surface area contributed by atoms with Crippen LogP contribution in [0.5, 0.6) is 0 Å². The van der Waals surface area contributed by atoms with Crippen LogP contribution in [0.3, 0.4) is 0 Å². The van der Waals surface area contributed by atoms with E-state index in [1.165, 1.54) is 5.56 Å². The third kappa shape index (κ3) is 6.02. The van der Waals surface area contributed by atoms with E-state index >= 15 is 0 Å². The number of hydrogen-bond acceptors (Lipinski definition) is 5. The smallest absolute Gasteiger partial charge is 0.253 e. The number of carbonyl (C=O) groups is 2. The number of amides is 2. The van der Waals surface area contributed by atoms with Crippen molar-refractivity contribution in [1.82, 2.24) is 14.7 Å². The molecule has 5 rings (SSSR count). The van der Waals surface area contributed by atoms with Crippen molar-refractivity contribution in [2.24, 2.45) is 13.0 Å². The highest BCUT2D eigenvalue weighted by molar-refractivity contribution is 6.01. The van der Waals surface area contributed by atoms with Crippen LogP contribution >= 0.6 is 0 Å². The molecule has 1 aliphatic heterocycles. The van der Waals surface area contributed by atoms with Crippen molar-refractivity contribution < 1.29 is 14.3 Å². The Hall–Kier alpha value is -3.65. The molecule has 2 heterocycles. The van der Waals surface area contributed by atoms with E-state index in [1.54, 1.807) is 13.2 Å². The summed E-state index contributed by atoms with van der Waals surface area (Å²) in [5, 5.41) is 10.6. The first-order chi connectivity index (χ1) is 18.0. The third-order valence-corrected chi connectivity index (χ3v) is 7.30. The Balaban J connectivity index is 1.22. The molecule has 8 heteroatoms. The number of ether oxygens (including phenoxy) is 1. The maximum absolute atomic E-state index is 13.4. The molecule has 0 radical (unpaired) electrons. The molecule has 2 N–H and O–H groups in total. The Morgan fingerprint density at radius 1 is 1.00 bits per heavy atom. The number of aryl methyl sites for hydroxylation is 1. The first kappa shape index (κ1) is 25.0. The molecule has 8 nitrogen and oxygen atoms in total. The van der Waals surface area contributed by atoms with Gasteiger partial charge in [0.05, 0.1) is 24.2 Å². The number of nitrogens with zero attached hydrogens (tertiary/aromatic N) is 3. The molecule has 2 fully saturated rings. The standard InChI is InChI=1S/C29H35N5O3/c1-33-19-25(18-31-33)21-5-3-20(4-6-21)22-11-14-34(15-12-22)29(36)24-9-10-26(30-13-16-37-2)27(17-24)32-28(35)23-7-8-23/h3-6,9-10,17-19,22-23,30H,7-8,11-16H2,1-2H3,(H,32,35). The van der Waals surface area contributed by atoms with E-state index in [-0.39, 0.29) is 17.7 Å². The van der Waals surface area contributed by atoms with Gasteiger partial charge in [0, 0.05) is 57.0 Å². The normalized spacial score (nSPS) is 16.0. The largest absolute Gasteiger partial charge is 0.383 e. The Morgan fingerprint density at radius 3 is 2.41 bits per heavy atom. The molecule has 2 aromatic carbocycles. The Bertz CT molecular complexity index is 1240. The molecule has 2 amide bonds. The van der Waals surface area contributed by atoms with Gasteiger partial charge in [-0.3, -0.25) is 14.3 Å². The highest BCUT2D eigenvalue weighted by Gasteiger charge is 2.30. The topological polar surface area (TPSA) is 88.5 Å². The fraction of sp³-hybridized carbons (Fsp3) is 0.414. The van der Waals surface area contributed by atoms with Crippen molar-refractivity contribution in [2.45, 2.75) is 31.6 Å². The minimum Gasteiger partial charge on any atom is -0.383 e. The van der Waals surface area contributed by atoms with Crippen molar-refractivity contribution in [3.63, 3.8) is 0 Å². The van der Waals surface area contributed by atoms with Gasteiger partial charge in [-0.1, -0.05) is 24.3 Å². The number of likely N-dealkylation sites (tertiary alicyclic amines) is 1. The van der Waals surface area contributed by atoms with Crippen molar-refractivity contribution in [1.29, 1.82) is 0 Å². The summed E-state index contributed by atoms with van der Waals surface area (Å²) in [6.45, 7) is 2.60. The van der Waals surface area contributed by atoms with E-state index in [0.29, 0.717) is 43.4 Å². The average Bonchev–Trinajstić information content (AvgIpc) is 3.70. The second-order valence-electron chi connectivity index (χ2n) is 10.0. The predicted molar refractivity (Wildman–Crippen MR) is 145 cm³/mol. The molecule has 0 bridgehead atoms. The summed E-state index contributed by atoms with van der Waals surface area (Å²) >= 11 is 0. The molecule has 1 aromatic heterocycles. The molecule has 2 aliphatic rings. The number of nitrogens with one attached hydrogen (secondary N) is 2. The van der Waals surface area contributed by atoms with E-state index in [1.807, 2.05) is 41.2 Å². The van der Waals surface area contributed by atoms with Crippen LogP contribution in [0.2, 0.25) is 0 Å². The van der Waals surface area contributed by atoms with Crippen LogP contribution in [0.4, 0.5) is 11.4 Å². The first-order valence-electron chi connectivity index (χ1n) is 13.1. The predicted octanol–water partition coefficient (Wildman–Crippen LogP) is 4.51.